The van der Waals surface area contributed by atoms with Gasteiger partial charge in [0.15, 0.2) is 0 Å². The Morgan fingerprint density at radius 1 is 1.04 bits per heavy atom. The lowest BCUT2D eigenvalue weighted by Crippen LogP contribution is -1.92. The molecule has 112 valence electrons. The zero-order valence-electron chi connectivity index (χ0n) is 11.9. The molecule has 7 heteroatoms. The largest absolute Gasteiger partial charge is 0.438 e. The Balaban J connectivity index is 1.69. The highest BCUT2D eigenvalue weighted by Crippen LogP contribution is 2.30. The van der Waals surface area contributed by atoms with Crippen LogP contribution in [0.25, 0.3) is 23.0 Å². The Bertz CT molecular complexity index is 903. The molecule has 0 bridgehead atoms. The van der Waals surface area contributed by atoms with E-state index in [1.165, 1.54) is 0 Å². The molecule has 1 N–H and O–H groups in total. The van der Waals surface area contributed by atoms with E-state index < -0.39 is 0 Å². The molecule has 1 aromatic carbocycles. The maximum atomic E-state index is 5.81. The first-order chi connectivity index (χ1) is 11.4. The van der Waals surface area contributed by atoms with Crippen molar-refractivity contribution in [3.63, 3.8) is 0 Å². The van der Waals surface area contributed by atoms with Crippen molar-refractivity contribution >= 4 is 0 Å². The molecule has 23 heavy (non-hydrogen) atoms. The summed E-state index contributed by atoms with van der Waals surface area (Å²) in [6, 6.07) is 13.0. The summed E-state index contributed by atoms with van der Waals surface area (Å²) in [5.74, 6) is 1.85. The summed E-state index contributed by atoms with van der Waals surface area (Å²) < 4.78 is 11.1. The molecular formula is C16H11N5O2. The lowest BCUT2D eigenvalue weighted by molar-refractivity contribution is 0.429. The van der Waals surface area contributed by atoms with Crippen LogP contribution in [0.3, 0.4) is 0 Å². The summed E-state index contributed by atoms with van der Waals surface area (Å²) in [5, 5.41) is 3.99. The molecule has 0 aliphatic carbocycles. The number of rotatable bonds is 4. The van der Waals surface area contributed by atoms with Crippen LogP contribution >= 0.6 is 0 Å². The number of aromatic amines is 1. The van der Waals surface area contributed by atoms with Gasteiger partial charge in [0.2, 0.25) is 11.7 Å². The van der Waals surface area contributed by atoms with Gasteiger partial charge >= 0.3 is 0 Å². The molecule has 3 aromatic heterocycles. The van der Waals surface area contributed by atoms with Crippen LogP contribution in [0.5, 0.6) is 11.6 Å². The highest BCUT2D eigenvalue weighted by molar-refractivity contribution is 5.63. The molecule has 3 heterocycles. The van der Waals surface area contributed by atoms with Gasteiger partial charge in [-0.05, 0) is 24.3 Å². The topological polar surface area (TPSA) is 89.7 Å². The van der Waals surface area contributed by atoms with Gasteiger partial charge in [0.25, 0.3) is 5.89 Å². The Labute approximate surface area is 131 Å². The van der Waals surface area contributed by atoms with Crippen molar-refractivity contribution in [2.24, 2.45) is 0 Å². The van der Waals surface area contributed by atoms with Crippen LogP contribution in [0.4, 0.5) is 0 Å². The fraction of sp³-hybridized carbons (Fsp3) is 0. The van der Waals surface area contributed by atoms with Crippen LogP contribution in [0.1, 0.15) is 0 Å². The van der Waals surface area contributed by atoms with E-state index in [1.54, 1.807) is 24.8 Å². The van der Waals surface area contributed by atoms with Crippen LogP contribution in [-0.2, 0) is 0 Å². The van der Waals surface area contributed by atoms with E-state index in [2.05, 4.69) is 25.1 Å². The second kappa shape index (κ2) is 5.72. The summed E-state index contributed by atoms with van der Waals surface area (Å²) in [6.07, 6.45) is 4.81. The van der Waals surface area contributed by atoms with E-state index in [1.807, 2.05) is 36.4 Å². The molecular weight excluding hydrogens is 294 g/mol. The predicted molar refractivity (Wildman–Crippen MR) is 81.6 cm³/mol. The number of aromatic nitrogens is 5. The summed E-state index contributed by atoms with van der Waals surface area (Å²) in [7, 11) is 0. The molecule has 0 saturated heterocycles. The Hall–Kier alpha value is -3.48. The van der Waals surface area contributed by atoms with E-state index >= 15 is 0 Å². The first-order valence-electron chi connectivity index (χ1n) is 6.91. The fourth-order valence-electron chi connectivity index (χ4n) is 2.06. The molecule has 0 saturated carbocycles. The third-order valence-electron chi connectivity index (χ3n) is 3.12. The number of H-pyrrole nitrogens is 1. The number of para-hydroxylation sites is 1. The van der Waals surface area contributed by atoms with Gasteiger partial charge in [-0.1, -0.05) is 23.4 Å². The fourth-order valence-corrected chi connectivity index (χ4v) is 2.06. The van der Waals surface area contributed by atoms with Crippen LogP contribution < -0.4 is 4.74 Å². The maximum Gasteiger partial charge on any atom is 0.276 e. The van der Waals surface area contributed by atoms with Gasteiger partial charge in [-0.15, -0.1) is 0 Å². The second-order valence-corrected chi connectivity index (χ2v) is 4.66. The highest BCUT2D eigenvalue weighted by atomic mass is 16.5. The van der Waals surface area contributed by atoms with Gasteiger partial charge in [0.05, 0.1) is 18.1 Å². The predicted octanol–water partition coefficient (Wildman–Crippen LogP) is 3.31. The third kappa shape index (κ3) is 2.67. The van der Waals surface area contributed by atoms with Gasteiger partial charge in [0, 0.05) is 6.20 Å². The number of nitrogens with one attached hydrogen (secondary N) is 1. The molecule has 0 amide bonds. The van der Waals surface area contributed by atoms with Crippen LogP contribution in [0, 0.1) is 0 Å². The molecule has 0 spiro atoms. The smallest absolute Gasteiger partial charge is 0.276 e. The number of imidazole rings is 1. The zero-order chi connectivity index (χ0) is 15.5. The quantitative estimate of drug-likeness (QED) is 0.622. The molecule has 0 aliphatic heterocycles. The number of nitrogens with zero attached hydrogens (tertiary/aromatic N) is 4. The minimum Gasteiger partial charge on any atom is -0.438 e. The van der Waals surface area contributed by atoms with Crippen molar-refractivity contribution in [2.45, 2.75) is 0 Å². The van der Waals surface area contributed by atoms with Crippen molar-refractivity contribution in [3.8, 4) is 34.6 Å². The molecule has 0 radical (unpaired) electrons. The monoisotopic (exact) mass is 305 g/mol. The van der Waals surface area contributed by atoms with Crippen LogP contribution in [0.15, 0.2) is 65.7 Å². The van der Waals surface area contributed by atoms with Gasteiger partial charge in [-0.25, -0.2) is 9.97 Å². The molecule has 0 fully saturated rings. The average Bonchev–Trinajstić information content (AvgIpc) is 3.28. The molecule has 7 nitrogen and oxygen atoms in total. The molecule has 0 unspecified atom stereocenters. The third-order valence-corrected chi connectivity index (χ3v) is 3.12. The normalized spacial score (nSPS) is 10.6. The minimum absolute atomic E-state index is 0.354. The number of ether oxygens (including phenoxy) is 1. The minimum atomic E-state index is 0.354. The summed E-state index contributed by atoms with van der Waals surface area (Å²) in [4.78, 5) is 15.5. The highest BCUT2D eigenvalue weighted by Gasteiger charge is 2.16. The summed E-state index contributed by atoms with van der Waals surface area (Å²) in [5.41, 5.74) is 1.30. The molecule has 0 aliphatic rings. The molecule has 0 atom stereocenters. The average molecular weight is 305 g/mol. The summed E-state index contributed by atoms with van der Waals surface area (Å²) >= 11 is 0. The first kappa shape index (κ1) is 13.2. The number of benzene rings is 1. The van der Waals surface area contributed by atoms with E-state index in [0.29, 0.717) is 34.6 Å². The van der Waals surface area contributed by atoms with Crippen molar-refractivity contribution in [3.05, 3.63) is 61.2 Å². The molecule has 4 rings (SSSR count). The van der Waals surface area contributed by atoms with E-state index in [-0.39, 0.29) is 0 Å². The van der Waals surface area contributed by atoms with E-state index in [0.717, 1.165) is 0 Å². The lowest BCUT2D eigenvalue weighted by atomic mass is 10.2. The first-order valence-corrected chi connectivity index (χ1v) is 6.91. The molecule has 4 aromatic rings. The lowest BCUT2D eigenvalue weighted by Gasteiger charge is -2.06. The number of hydrogen-bond acceptors (Lipinski definition) is 6. The van der Waals surface area contributed by atoms with Gasteiger partial charge < -0.3 is 14.2 Å². The van der Waals surface area contributed by atoms with Gasteiger partial charge in [-0.2, -0.15) is 4.98 Å². The van der Waals surface area contributed by atoms with Crippen molar-refractivity contribution in [2.75, 3.05) is 0 Å². The van der Waals surface area contributed by atoms with Crippen molar-refractivity contribution in [1.29, 1.82) is 0 Å². The van der Waals surface area contributed by atoms with Gasteiger partial charge in [-0.3, -0.25) is 0 Å². The number of pyridine rings is 1. The zero-order valence-corrected chi connectivity index (χ0v) is 11.9. The van der Waals surface area contributed by atoms with E-state index in [9.17, 15) is 0 Å². The van der Waals surface area contributed by atoms with Gasteiger partial charge in [0.1, 0.15) is 11.4 Å². The van der Waals surface area contributed by atoms with Crippen LogP contribution in [0.2, 0.25) is 0 Å². The Morgan fingerprint density at radius 2 is 1.96 bits per heavy atom. The van der Waals surface area contributed by atoms with Crippen LogP contribution in [-0.4, -0.2) is 25.1 Å². The number of hydrogen-bond donors (Lipinski definition) is 1. The van der Waals surface area contributed by atoms with E-state index in [4.69, 9.17) is 9.26 Å². The Kier molecular flexibility index (Phi) is 3.28. The maximum absolute atomic E-state index is 5.81. The SMILES string of the molecule is c1ccc(Oc2ncccc2-c2noc(-c3cnc[nH]3)n2)cc1. The summed E-state index contributed by atoms with van der Waals surface area (Å²) in [6.45, 7) is 0. The Morgan fingerprint density at radius 3 is 2.78 bits per heavy atom. The standard InChI is InChI=1S/C16H11N5O2/c1-2-5-11(6-3-1)22-15-12(7-4-8-18-15)14-20-16(23-21-14)13-9-17-10-19-13/h1-10H,(H,17,19). The second-order valence-electron chi connectivity index (χ2n) is 4.66. The van der Waals surface area contributed by atoms with Crippen molar-refractivity contribution in [1.82, 2.24) is 25.1 Å². The van der Waals surface area contributed by atoms with Crippen molar-refractivity contribution < 1.29 is 9.26 Å².